The van der Waals surface area contributed by atoms with E-state index in [1.807, 2.05) is 11.3 Å². The Morgan fingerprint density at radius 3 is 1.92 bits per heavy atom. The van der Waals surface area contributed by atoms with E-state index in [-0.39, 0.29) is 0 Å². The molecule has 2 heterocycles. The summed E-state index contributed by atoms with van der Waals surface area (Å²) in [5, 5.41) is 9.59. The molecule has 0 N–H and O–H groups in total. The van der Waals surface area contributed by atoms with Crippen LogP contribution >= 0.6 is 11.3 Å². The second kappa shape index (κ2) is 11.9. The maximum absolute atomic E-state index is 6.69. The zero-order chi connectivity index (χ0) is 34.9. The largest absolute Gasteiger partial charge is 0.455 e. The third-order valence-electron chi connectivity index (χ3n) is 10.6. The van der Waals surface area contributed by atoms with Crippen LogP contribution in [0.4, 0.5) is 17.1 Å². The normalized spacial score (nSPS) is 11.8. The molecule has 0 saturated carbocycles. The van der Waals surface area contributed by atoms with Crippen molar-refractivity contribution in [3.8, 4) is 22.3 Å². The van der Waals surface area contributed by atoms with Gasteiger partial charge in [0.25, 0.3) is 0 Å². The third-order valence-corrected chi connectivity index (χ3v) is 11.8. The highest BCUT2D eigenvalue weighted by Gasteiger charge is 2.23. The summed E-state index contributed by atoms with van der Waals surface area (Å²) in [7, 11) is 0. The van der Waals surface area contributed by atoms with Crippen molar-refractivity contribution in [1.82, 2.24) is 0 Å². The third kappa shape index (κ3) is 4.86. The molecule has 2 nitrogen and oxygen atoms in total. The minimum absolute atomic E-state index is 0.879. The number of furan rings is 1. The molecule has 0 bridgehead atoms. The van der Waals surface area contributed by atoms with E-state index < -0.39 is 0 Å². The van der Waals surface area contributed by atoms with Crippen molar-refractivity contribution < 1.29 is 4.42 Å². The topological polar surface area (TPSA) is 16.4 Å². The van der Waals surface area contributed by atoms with Gasteiger partial charge in [-0.25, -0.2) is 0 Å². The van der Waals surface area contributed by atoms with E-state index >= 15 is 0 Å². The van der Waals surface area contributed by atoms with Gasteiger partial charge < -0.3 is 9.32 Å². The van der Waals surface area contributed by atoms with Gasteiger partial charge in [-0.1, -0.05) is 133 Å². The molecule has 3 heteroatoms. The quantitative estimate of drug-likeness (QED) is 0.178. The van der Waals surface area contributed by atoms with E-state index in [4.69, 9.17) is 4.42 Å². The predicted octanol–water partition coefficient (Wildman–Crippen LogP) is 15.1. The second-order valence-corrected chi connectivity index (χ2v) is 14.7. The first-order chi connectivity index (χ1) is 26.3. The summed E-state index contributed by atoms with van der Waals surface area (Å²) in [4.78, 5) is 2.43. The molecule has 0 unspecified atom stereocenters. The highest BCUT2D eigenvalue weighted by molar-refractivity contribution is 7.26. The highest BCUT2D eigenvalue weighted by atomic mass is 32.1. The van der Waals surface area contributed by atoms with E-state index in [1.54, 1.807) is 0 Å². The lowest BCUT2D eigenvalue weighted by molar-refractivity contribution is 0.672. The van der Waals surface area contributed by atoms with Gasteiger partial charge in [-0.3, -0.25) is 0 Å². The van der Waals surface area contributed by atoms with Gasteiger partial charge in [0.05, 0.1) is 21.5 Å². The second-order valence-electron chi connectivity index (χ2n) is 13.7. The van der Waals surface area contributed by atoms with Gasteiger partial charge in [0.2, 0.25) is 0 Å². The SMILES string of the molecule is c1cc(-c2ccc(N(c3cccc4c3sc3ccccc34)c3cccc4oc5c6ccccc6ccc5c34)cc2)cc(-c2ccc3ccccc3c2)c1. The summed E-state index contributed by atoms with van der Waals surface area (Å²) in [6.07, 6.45) is 0. The summed E-state index contributed by atoms with van der Waals surface area (Å²) in [6, 6.07) is 68.0. The Kier molecular flexibility index (Phi) is 6.76. The Labute approximate surface area is 310 Å². The van der Waals surface area contributed by atoms with Gasteiger partial charge in [0.1, 0.15) is 11.2 Å². The van der Waals surface area contributed by atoms with Crippen molar-refractivity contribution in [2.24, 2.45) is 0 Å². The van der Waals surface area contributed by atoms with Crippen LogP contribution in [0, 0.1) is 0 Å². The van der Waals surface area contributed by atoms with Crippen LogP contribution in [0.15, 0.2) is 192 Å². The molecule has 11 rings (SSSR count). The summed E-state index contributed by atoms with van der Waals surface area (Å²) in [5.41, 5.74) is 9.93. The summed E-state index contributed by atoms with van der Waals surface area (Å²) in [6.45, 7) is 0. The van der Waals surface area contributed by atoms with Crippen LogP contribution in [0.5, 0.6) is 0 Å². The monoisotopic (exact) mass is 693 g/mol. The lowest BCUT2D eigenvalue weighted by Crippen LogP contribution is -2.10. The molecule has 0 saturated heterocycles. The van der Waals surface area contributed by atoms with Gasteiger partial charge in [0, 0.05) is 31.9 Å². The van der Waals surface area contributed by atoms with Crippen molar-refractivity contribution in [3.05, 3.63) is 188 Å². The highest BCUT2D eigenvalue weighted by Crippen LogP contribution is 2.48. The molecule has 11 aromatic rings. The molecule has 0 amide bonds. The Hall–Kier alpha value is -6.68. The molecule has 0 aliphatic carbocycles. The molecule has 2 aromatic heterocycles. The Balaban J connectivity index is 1.09. The number of benzene rings is 9. The number of thiophene rings is 1. The van der Waals surface area contributed by atoms with Crippen molar-refractivity contribution >= 4 is 92.1 Å². The molecule has 53 heavy (non-hydrogen) atoms. The number of fused-ring (bicyclic) bond motifs is 9. The average molecular weight is 694 g/mol. The zero-order valence-electron chi connectivity index (χ0n) is 28.7. The first-order valence-electron chi connectivity index (χ1n) is 18.0. The van der Waals surface area contributed by atoms with E-state index in [9.17, 15) is 0 Å². The van der Waals surface area contributed by atoms with Crippen LogP contribution in [0.2, 0.25) is 0 Å². The predicted molar refractivity (Wildman–Crippen MR) is 227 cm³/mol. The van der Waals surface area contributed by atoms with Crippen LogP contribution in [-0.4, -0.2) is 0 Å². The molecule has 0 aliphatic rings. The van der Waals surface area contributed by atoms with Crippen molar-refractivity contribution in [2.45, 2.75) is 0 Å². The molecule has 0 atom stereocenters. The van der Waals surface area contributed by atoms with E-state index in [0.29, 0.717) is 0 Å². The van der Waals surface area contributed by atoms with Gasteiger partial charge in [0.15, 0.2) is 0 Å². The smallest absolute Gasteiger partial charge is 0.143 e. The minimum Gasteiger partial charge on any atom is -0.455 e. The minimum atomic E-state index is 0.879. The Bertz CT molecular complexity index is 3190. The Morgan fingerprint density at radius 1 is 0.396 bits per heavy atom. The average Bonchev–Trinajstić information content (AvgIpc) is 3.81. The molecular weight excluding hydrogens is 663 g/mol. The number of rotatable bonds is 5. The number of nitrogens with zero attached hydrogens (tertiary/aromatic N) is 1. The van der Waals surface area contributed by atoms with Gasteiger partial charge >= 0.3 is 0 Å². The number of hydrogen-bond acceptors (Lipinski definition) is 3. The van der Waals surface area contributed by atoms with Crippen LogP contribution in [0.3, 0.4) is 0 Å². The fourth-order valence-electron chi connectivity index (χ4n) is 8.09. The standard InChI is InChI=1S/C50H31NOS/c1-2-12-35-31-38(23-22-32(35)10-1)37-14-7-13-36(30-37)33-24-27-39(28-25-33)51(45-19-8-17-42-41-16-5-6-21-47(41)53-50(42)45)44-18-9-20-46-48(44)43-29-26-34-11-3-4-15-40(34)49(43)52-46/h1-31H. The van der Waals surface area contributed by atoms with E-state index in [1.165, 1.54) is 58.6 Å². The van der Waals surface area contributed by atoms with Crippen LogP contribution < -0.4 is 4.90 Å². The molecule has 0 fully saturated rings. The lowest BCUT2D eigenvalue weighted by atomic mass is 9.97. The van der Waals surface area contributed by atoms with Gasteiger partial charge in [-0.15, -0.1) is 11.3 Å². The fourth-order valence-corrected chi connectivity index (χ4v) is 9.29. The van der Waals surface area contributed by atoms with Crippen molar-refractivity contribution in [3.63, 3.8) is 0 Å². The van der Waals surface area contributed by atoms with E-state index in [2.05, 4.69) is 193 Å². The summed E-state index contributed by atoms with van der Waals surface area (Å²) < 4.78 is 9.24. The van der Waals surface area contributed by atoms with Crippen LogP contribution in [-0.2, 0) is 0 Å². The number of hydrogen-bond donors (Lipinski definition) is 0. The first-order valence-corrected chi connectivity index (χ1v) is 18.8. The molecule has 0 spiro atoms. The van der Waals surface area contributed by atoms with Crippen molar-refractivity contribution in [1.29, 1.82) is 0 Å². The zero-order valence-corrected chi connectivity index (χ0v) is 29.5. The first kappa shape index (κ1) is 30.0. The maximum atomic E-state index is 6.69. The Morgan fingerprint density at radius 2 is 1.04 bits per heavy atom. The molecule has 0 radical (unpaired) electrons. The molecule has 248 valence electrons. The van der Waals surface area contributed by atoms with Crippen molar-refractivity contribution in [2.75, 3.05) is 4.90 Å². The van der Waals surface area contributed by atoms with Gasteiger partial charge in [-0.2, -0.15) is 0 Å². The number of anilines is 3. The van der Waals surface area contributed by atoms with Crippen LogP contribution in [0.25, 0.3) is 85.9 Å². The lowest BCUT2D eigenvalue weighted by Gasteiger charge is -2.27. The fraction of sp³-hybridized carbons (Fsp3) is 0. The van der Waals surface area contributed by atoms with Crippen LogP contribution in [0.1, 0.15) is 0 Å². The molecule has 9 aromatic carbocycles. The van der Waals surface area contributed by atoms with Gasteiger partial charge in [-0.05, 0) is 93.0 Å². The summed E-state index contributed by atoms with van der Waals surface area (Å²) >= 11 is 1.85. The molecular formula is C50H31NOS. The van der Waals surface area contributed by atoms with E-state index in [0.717, 1.165) is 44.4 Å². The summed E-state index contributed by atoms with van der Waals surface area (Å²) in [5.74, 6) is 0. The molecule has 0 aliphatic heterocycles. The maximum Gasteiger partial charge on any atom is 0.143 e.